The summed E-state index contributed by atoms with van der Waals surface area (Å²) in [5, 5.41) is 8.24. The second kappa shape index (κ2) is 11.4. The van der Waals surface area contributed by atoms with Crippen molar-refractivity contribution in [2.75, 3.05) is 0 Å². The van der Waals surface area contributed by atoms with Crippen molar-refractivity contribution in [3.8, 4) is 11.1 Å². The van der Waals surface area contributed by atoms with Crippen LogP contribution in [0.4, 0.5) is 0 Å². The van der Waals surface area contributed by atoms with Crippen LogP contribution < -0.4 is 5.32 Å². The number of nitrogens with one attached hydrogen (secondary N) is 1. The quantitative estimate of drug-likeness (QED) is 0.212. The van der Waals surface area contributed by atoms with Gasteiger partial charge in [0.1, 0.15) is 23.2 Å². The molecule has 0 saturated carbocycles. The van der Waals surface area contributed by atoms with Gasteiger partial charge in [-0.05, 0) is 75.7 Å². The lowest BCUT2D eigenvalue weighted by atomic mass is 9.94. The fourth-order valence-corrected chi connectivity index (χ4v) is 6.83. The highest BCUT2D eigenvalue weighted by molar-refractivity contribution is 6.18. The van der Waals surface area contributed by atoms with Crippen LogP contribution in [0.1, 0.15) is 41.3 Å². The number of amidine groups is 2. The summed E-state index contributed by atoms with van der Waals surface area (Å²) in [5.74, 6) is 1.49. The number of allylic oxidation sites excluding steroid dienone is 4. The number of fused-ring (bicyclic) bond motifs is 4. The zero-order valence-corrected chi connectivity index (χ0v) is 25.7. The summed E-state index contributed by atoms with van der Waals surface area (Å²) in [6, 6.07) is 46.7. The zero-order valence-electron chi connectivity index (χ0n) is 25.7. The average Bonchev–Trinajstić information content (AvgIpc) is 3.53. The third-order valence-electron chi connectivity index (χ3n) is 9.18. The summed E-state index contributed by atoms with van der Waals surface area (Å²) in [7, 11) is 0. The van der Waals surface area contributed by atoms with Gasteiger partial charge in [0.15, 0.2) is 5.84 Å². The Morgan fingerprint density at radius 1 is 0.617 bits per heavy atom. The molecule has 0 radical (unpaired) electrons. The fraction of sp³-hybridized carbons (Fsp3) is 0.0698. The first kappa shape index (κ1) is 27.3. The highest BCUT2D eigenvalue weighted by Crippen LogP contribution is 2.39. The first-order chi connectivity index (χ1) is 23.3. The van der Waals surface area contributed by atoms with Gasteiger partial charge in [-0.1, -0.05) is 127 Å². The molecule has 1 atom stereocenters. The number of rotatable bonds is 5. The van der Waals surface area contributed by atoms with Gasteiger partial charge in [-0.2, -0.15) is 0 Å². The van der Waals surface area contributed by atoms with E-state index in [-0.39, 0.29) is 6.17 Å². The van der Waals surface area contributed by atoms with Crippen molar-refractivity contribution >= 4 is 50.0 Å². The van der Waals surface area contributed by atoms with Gasteiger partial charge in [0.25, 0.3) is 0 Å². The van der Waals surface area contributed by atoms with E-state index in [1.807, 2.05) is 6.07 Å². The molecular formula is C43H31N3O. The van der Waals surface area contributed by atoms with Gasteiger partial charge in [-0.25, -0.2) is 9.98 Å². The third-order valence-corrected chi connectivity index (χ3v) is 9.18. The van der Waals surface area contributed by atoms with Crippen LogP contribution in [0, 0.1) is 0 Å². The molecule has 224 valence electrons. The van der Waals surface area contributed by atoms with Gasteiger partial charge in [-0.3, -0.25) is 0 Å². The Balaban J connectivity index is 1.17. The molecule has 0 fully saturated rings. The molecule has 1 unspecified atom stereocenters. The molecule has 0 spiro atoms. The molecule has 9 rings (SSSR count). The maximum atomic E-state index is 6.42. The van der Waals surface area contributed by atoms with Gasteiger partial charge in [0.05, 0.1) is 0 Å². The second-order valence-electron chi connectivity index (χ2n) is 12.1. The van der Waals surface area contributed by atoms with E-state index in [1.165, 1.54) is 27.5 Å². The van der Waals surface area contributed by atoms with Gasteiger partial charge in [0.2, 0.25) is 0 Å². The maximum Gasteiger partial charge on any atom is 0.159 e. The van der Waals surface area contributed by atoms with Crippen molar-refractivity contribution in [1.82, 2.24) is 5.32 Å². The maximum absolute atomic E-state index is 6.42. The predicted molar refractivity (Wildman–Crippen MR) is 195 cm³/mol. The van der Waals surface area contributed by atoms with Crippen LogP contribution in [0.2, 0.25) is 0 Å². The standard InChI is InChI=1S/C43H31N3O/c1-3-11-28(12-4-1)29-21-23-32(24-22-29)42-44-41(31-14-5-2-6-15-31)45-43(46-42)33-25-26-38-37(27-33)40-36(19-10-20-39(40)47-38)35-18-9-16-30-13-7-8-17-34(30)35/h2-3,5-27,41H,1,4H2,(H,44,45,46). The van der Waals surface area contributed by atoms with Crippen LogP contribution in [0.25, 0.3) is 49.4 Å². The molecule has 7 aromatic rings. The number of aliphatic imine (C=N–C) groups is 2. The Labute approximate surface area is 273 Å². The first-order valence-corrected chi connectivity index (χ1v) is 16.2. The molecule has 6 aromatic carbocycles. The summed E-state index contributed by atoms with van der Waals surface area (Å²) in [5.41, 5.74) is 9.60. The monoisotopic (exact) mass is 605 g/mol. The van der Waals surface area contributed by atoms with Crippen LogP contribution in [0.3, 0.4) is 0 Å². The summed E-state index contributed by atoms with van der Waals surface area (Å²) >= 11 is 0. The molecule has 0 bridgehead atoms. The van der Waals surface area contributed by atoms with Crippen molar-refractivity contribution in [3.05, 3.63) is 174 Å². The molecule has 2 aliphatic rings. The highest BCUT2D eigenvalue weighted by Gasteiger charge is 2.22. The normalized spacial score (nSPS) is 16.2. The Bertz CT molecular complexity index is 2420. The van der Waals surface area contributed by atoms with Crippen molar-refractivity contribution in [2.45, 2.75) is 19.0 Å². The molecular weight excluding hydrogens is 574 g/mol. The molecule has 1 N–H and O–H groups in total. The molecule has 4 heteroatoms. The largest absolute Gasteiger partial charge is 0.456 e. The third kappa shape index (κ3) is 4.95. The summed E-state index contributed by atoms with van der Waals surface area (Å²) in [6.07, 6.45) is 8.67. The summed E-state index contributed by atoms with van der Waals surface area (Å²) in [6.45, 7) is 0. The lowest BCUT2D eigenvalue weighted by Gasteiger charge is -2.23. The number of furan rings is 1. The second-order valence-corrected chi connectivity index (χ2v) is 12.1. The van der Waals surface area contributed by atoms with E-state index in [4.69, 9.17) is 14.4 Å². The first-order valence-electron chi connectivity index (χ1n) is 16.2. The Kier molecular flexibility index (Phi) is 6.64. The molecule has 0 saturated heterocycles. The van der Waals surface area contributed by atoms with E-state index in [0.717, 1.165) is 62.9 Å². The van der Waals surface area contributed by atoms with Gasteiger partial charge >= 0.3 is 0 Å². The SMILES string of the molecule is C1=CC(c2ccc(C3=NC(c4ccccc4)NC(c4ccc5oc6cccc(-c7cccc8ccccc78)c6c5c4)=N3)cc2)=CCC1. The topological polar surface area (TPSA) is 49.9 Å². The van der Waals surface area contributed by atoms with Crippen LogP contribution >= 0.6 is 0 Å². The minimum Gasteiger partial charge on any atom is -0.456 e. The minimum absolute atomic E-state index is 0.273. The number of benzene rings is 6. The minimum atomic E-state index is -0.273. The van der Waals surface area contributed by atoms with E-state index >= 15 is 0 Å². The van der Waals surface area contributed by atoms with Crippen molar-refractivity contribution in [2.24, 2.45) is 9.98 Å². The number of hydrogen-bond donors (Lipinski definition) is 1. The molecule has 1 aromatic heterocycles. The zero-order chi connectivity index (χ0) is 31.2. The number of hydrogen-bond acceptors (Lipinski definition) is 4. The van der Waals surface area contributed by atoms with Crippen LogP contribution in [-0.4, -0.2) is 11.7 Å². The smallest absolute Gasteiger partial charge is 0.159 e. The molecule has 2 heterocycles. The van der Waals surface area contributed by atoms with Crippen LogP contribution in [0.15, 0.2) is 166 Å². The van der Waals surface area contributed by atoms with Crippen molar-refractivity contribution in [3.63, 3.8) is 0 Å². The molecule has 1 aliphatic heterocycles. The van der Waals surface area contributed by atoms with E-state index in [2.05, 4.69) is 151 Å². The predicted octanol–water partition coefficient (Wildman–Crippen LogP) is 10.6. The fourth-order valence-electron chi connectivity index (χ4n) is 6.83. The van der Waals surface area contributed by atoms with E-state index in [9.17, 15) is 0 Å². The Morgan fingerprint density at radius 3 is 2.26 bits per heavy atom. The molecule has 1 aliphatic carbocycles. The van der Waals surface area contributed by atoms with Gasteiger partial charge in [-0.15, -0.1) is 0 Å². The van der Waals surface area contributed by atoms with E-state index < -0.39 is 0 Å². The van der Waals surface area contributed by atoms with Gasteiger partial charge in [0, 0.05) is 21.9 Å². The molecule has 0 amide bonds. The van der Waals surface area contributed by atoms with Crippen molar-refractivity contribution < 1.29 is 4.42 Å². The van der Waals surface area contributed by atoms with E-state index in [1.54, 1.807) is 0 Å². The van der Waals surface area contributed by atoms with Gasteiger partial charge < -0.3 is 9.73 Å². The molecule has 47 heavy (non-hydrogen) atoms. The lowest BCUT2D eigenvalue weighted by molar-refractivity contribution is 0.668. The van der Waals surface area contributed by atoms with E-state index in [0.29, 0.717) is 5.84 Å². The summed E-state index contributed by atoms with van der Waals surface area (Å²) in [4.78, 5) is 10.2. The number of nitrogens with zero attached hydrogens (tertiary/aromatic N) is 2. The van der Waals surface area contributed by atoms with Crippen molar-refractivity contribution in [1.29, 1.82) is 0 Å². The van der Waals surface area contributed by atoms with Crippen LogP contribution in [-0.2, 0) is 0 Å². The average molecular weight is 606 g/mol. The Morgan fingerprint density at radius 2 is 1.38 bits per heavy atom. The summed E-state index contributed by atoms with van der Waals surface area (Å²) < 4.78 is 6.42. The highest BCUT2D eigenvalue weighted by atomic mass is 16.3. The lowest BCUT2D eigenvalue weighted by Crippen LogP contribution is -2.33. The molecule has 4 nitrogen and oxygen atoms in total. The Hall–Kier alpha value is -6.00. The van der Waals surface area contributed by atoms with Crippen LogP contribution in [0.5, 0.6) is 0 Å².